The molecule has 0 aliphatic carbocycles. The molecule has 0 fully saturated rings. The normalized spacial score (nSPS) is 0. The van der Waals surface area contributed by atoms with Crippen LogP contribution >= 0.6 is 0 Å². The summed E-state index contributed by atoms with van der Waals surface area (Å²) < 4.78 is 0. The van der Waals surface area contributed by atoms with Crippen LogP contribution in [0.5, 0.6) is 0 Å². The van der Waals surface area contributed by atoms with Crippen LogP contribution in [0.3, 0.4) is 0 Å². The van der Waals surface area contributed by atoms with Crippen LogP contribution in [0.4, 0.5) is 0 Å². The van der Waals surface area contributed by atoms with Crippen LogP contribution in [-0.2, 0) is 21.7 Å². The Bertz CT molecular complexity index is 7.51. The number of hydrogen-bond donors (Lipinski definition) is 0. The second-order valence-corrected chi connectivity index (χ2v) is 0. The Hall–Kier alpha value is 0.771. The quantitative estimate of drug-likeness (QED) is 0.309. The Kier molecular flexibility index (Phi) is 14000. The van der Waals surface area contributed by atoms with Crippen LogP contribution < -0.4 is 0 Å². The predicted octanol–water partition coefficient (Wildman–Crippen LogP) is -4.75. The van der Waals surface area contributed by atoms with E-state index in [0.29, 0.717) is 0 Å². The third-order valence-corrected chi connectivity index (χ3v) is 0. The molecule has 0 heterocycles. The van der Waals surface area contributed by atoms with Crippen molar-refractivity contribution < 1.29 is 43.6 Å². The Labute approximate surface area is 55.1 Å². The van der Waals surface area contributed by atoms with Crippen molar-refractivity contribution in [3.05, 3.63) is 0 Å². The van der Waals surface area contributed by atoms with E-state index in [2.05, 4.69) is 0 Å². The maximum absolute atomic E-state index is 0. The van der Waals surface area contributed by atoms with Gasteiger partial charge in [0.05, 0.1) is 0 Å². The van der Waals surface area contributed by atoms with Crippen LogP contribution in [0.15, 0.2) is 0 Å². The van der Waals surface area contributed by atoms with Crippen molar-refractivity contribution in [2.24, 2.45) is 0 Å². The summed E-state index contributed by atoms with van der Waals surface area (Å²) in [6.07, 6.45) is 0. The van der Waals surface area contributed by atoms with E-state index in [1.807, 2.05) is 0 Å². The summed E-state index contributed by atoms with van der Waals surface area (Å²) in [5, 5.41) is 0. The minimum Gasteiger partial charge on any atom is -0.412 e. The largest absolute Gasteiger partial charge is 0.412 e. The first-order valence-corrected chi connectivity index (χ1v) is 0. The topological polar surface area (TPSA) is 126 Å². The Morgan fingerprint density at radius 3 is 0.500 bits per heavy atom. The van der Waals surface area contributed by atoms with Gasteiger partial charge in [-0.15, -0.1) is 0 Å². The van der Waals surface area contributed by atoms with Crippen molar-refractivity contribution in [1.82, 2.24) is 0 Å². The third kappa shape index (κ3) is 114. The molecule has 0 saturated heterocycles. The maximum atomic E-state index is 0. The van der Waals surface area contributed by atoms with E-state index in [1.165, 1.54) is 0 Å². The summed E-state index contributed by atoms with van der Waals surface area (Å²) >= 11 is 0. The van der Waals surface area contributed by atoms with E-state index in [4.69, 9.17) is 0 Å². The van der Waals surface area contributed by atoms with Crippen LogP contribution in [-0.4, -0.2) is 32.9 Å². The van der Waals surface area contributed by atoms with Crippen LogP contribution in [0, 0.1) is 0 Å². The van der Waals surface area contributed by atoms with Gasteiger partial charge in [0.2, 0.25) is 0 Å². The second kappa shape index (κ2) is 221. The molecule has 0 aromatic rings. The molecule has 0 rings (SSSR count). The molecule has 0 saturated carbocycles. The van der Waals surface area contributed by atoms with Crippen LogP contribution in [0.1, 0.15) is 0 Å². The van der Waals surface area contributed by atoms with Crippen molar-refractivity contribution in [2.45, 2.75) is 0 Å². The first kappa shape index (κ1) is 379. The molecule has 0 aromatic carbocycles. The Morgan fingerprint density at radius 1 is 0.500 bits per heavy atom. The molecular formula is H12O4SiTi. The summed E-state index contributed by atoms with van der Waals surface area (Å²) in [6.45, 7) is 0. The molecule has 0 aliphatic rings. The summed E-state index contributed by atoms with van der Waals surface area (Å²) in [5.41, 5.74) is 0. The van der Waals surface area contributed by atoms with Gasteiger partial charge in [-0.2, -0.15) is 0 Å². The molecule has 0 aromatic heterocycles. The number of rotatable bonds is 0. The molecule has 6 heteroatoms. The van der Waals surface area contributed by atoms with Gasteiger partial charge in [-0.05, 0) is 11.0 Å². The van der Waals surface area contributed by atoms with Gasteiger partial charge in [0.1, 0.15) is 0 Å². The number of hydrogen-bond acceptors (Lipinski definition) is 0. The first-order chi connectivity index (χ1) is 0. The minimum absolute atomic E-state index is 0. The van der Waals surface area contributed by atoms with E-state index in [0.717, 1.165) is 0 Å². The molecule has 0 radical (unpaired) electrons. The average molecular weight is 152 g/mol. The smallest absolute Gasteiger partial charge is 0 e. The van der Waals surface area contributed by atoms with Crippen molar-refractivity contribution in [2.75, 3.05) is 0 Å². The molecule has 44 valence electrons. The molecule has 4 nitrogen and oxygen atoms in total. The molecule has 0 amide bonds. The average Bonchev–Trinajstić information content (AvgIpc) is 0. The van der Waals surface area contributed by atoms with Crippen molar-refractivity contribution in [1.29, 1.82) is 0 Å². The fourth-order valence-electron chi connectivity index (χ4n) is 0. The van der Waals surface area contributed by atoms with E-state index in [-0.39, 0.29) is 54.6 Å². The zero-order valence-electron chi connectivity index (χ0n) is 2.50. The first-order valence-electron chi connectivity index (χ1n) is 0. The van der Waals surface area contributed by atoms with Gasteiger partial charge >= 0.3 is 0 Å². The molecule has 0 atom stereocenters. The van der Waals surface area contributed by atoms with E-state index < -0.39 is 0 Å². The van der Waals surface area contributed by atoms with E-state index >= 15 is 0 Å². The monoisotopic (exact) mass is 152 g/mol. The molecule has 0 bridgehead atoms. The maximum Gasteiger partial charge on any atom is 0 e. The fourth-order valence-corrected chi connectivity index (χ4v) is 0. The van der Waals surface area contributed by atoms with Crippen molar-refractivity contribution in [3.63, 3.8) is 0 Å². The standard InChI is InChI=1S/4H2O.H4Si.Ti/h4*1H2;1H4;. The van der Waals surface area contributed by atoms with Crippen molar-refractivity contribution in [3.8, 4) is 0 Å². The fraction of sp³-hybridized carbons (Fsp3) is 0. The zero-order valence-corrected chi connectivity index (χ0v) is 4.06. The van der Waals surface area contributed by atoms with Crippen LogP contribution in [0.2, 0.25) is 0 Å². The van der Waals surface area contributed by atoms with Gasteiger partial charge in [0, 0.05) is 21.7 Å². The molecule has 0 spiro atoms. The van der Waals surface area contributed by atoms with E-state index in [1.54, 1.807) is 0 Å². The van der Waals surface area contributed by atoms with E-state index in [9.17, 15) is 0 Å². The SMILES string of the molecule is O.O.O.O.[SiH4].[Ti]. The van der Waals surface area contributed by atoms with Gasteiger partial charge in [0.25, 0.3) is 0 Å². The van der Waals surface area contributed by atoms with Gasteiger partial charge in [-0.25, -0.2) is 0 Å². The molecular weight excluding hydrogens is 140 g/mol. The summed E-state index contributed by atoms with van der Waals surface area (Å²) in [6, 6.07) is 0. The molecule has 0 aliphatic heterocycles. The predicted molar refractivity (Wildman–Crippen MR) is 25.8 cm³/mol. The zero-order chi connectivity index (χ0) is 0. The molecule has 8 N–H and O–H groups in total. The van der Waals surface area contributed by atoms with Crippen LogP contribution in [0.25, 0.3) is 0 Å². The summed E-state index contributed by atoms with van der Waals surface area (Å²) in [4.78, 5) is 0. The second-order valence-electron chi connectivity index (χ2n) is 0. The Morgan fingerprint density at radius 2 is 0.500 bits per heavy atom. The van der Waals surface area contributed by atoms with Gasteiger partial charge < -0.3 is 21.9 Å². The van der Waals surface area contributed by atoms with Gasteiger partial charge in [-0.1, -0.05) is 0 Å². The summed E-state index contributed by atoms with van der Waals surface area (Å²) in [5.74, 6) is 0. The molecule has 0 unspecified atom stereocenters. The van der Waals surface area contributed by atoms with Crippen molar-refractivity contribution >= 4 is 11.0 Å². The minimum atomic E-state index is 0. The summed E-state index contributed by atoms with van der Waals surface area (Å²) in [7, 11) is 0. The Balaban J connectivity index is 0. The molecule has 6 heavy (non-hydrogen) atoms. The van der Waals surface area contributed by atoms with Gasteiger partial charge in [-0.3, -0.25) is 0 Å². The van der Waals surface area contributed by atoms with Gasteiger partial charge in [0.15, 0.2) is 0 Å². The third-order valence-electron chi connectivity index (χ3n) is 0.